The van der Waals surface area contributed by atoms with Gasteiger partial charge in [0, 0.05) is 0 Å². The molecule has 0 radical (unpaired) electrons. The Bertz CT molecular complexity index is 425. The van der Waals surface area contributed by atoms with E-state index in [9.17, 15) is 18.1 Å². The van der Waals surface area contributed by atoms with Gasteiger partial charge in [0.15, 0.2) is 0 Å². The Labute approximate surface area is 131 Å². The van der Waals surface area contributed by atoms with E-state index >= 15 is 0 Å². The van der Waals surface area contributed by atoms with E-state index in [0.717, 1.165) is 12.1 Å². The van der Waals surface area contributed by atoms with Gasteiger partial charge in [-0.15, -0.1) is 0 Å². The number of hydrogen-bond acceptors (Lipinski definition) is 4. The number of phenols is 1. The predicted molar refractivity (Wildman–Crippen MR) is 58.7 cm³/mol. The van der Waals surface area contributed by atoms with Crippen LogP contribution in [0.2, 0.25) is 0 Å². The van der Waals surface area contributed by atoms with Crippen molar-refractivity contribution in [2.24, 2.45) is 0 Å². The van der Waals surface area contributed by atoms with Crippen molar-refractivity contribution < 1.29 is 58.6 Å². The molecule has 0 heterocycles. The summed E-state index contributed by atoms with van der Waals surface area (Å²) < 4.78 is 32.0. The zero-order valence-corrected chi connectivity index (χ0v) is 14.0. The van der Waals surface area contributed by atoms with E-state index in [1.165, 1.54) is 0 Å². The second-order valence-electron chi connectivity index (χ2n) is 2.19. The molecule has 0 saturated heterocycles. The summed E-state index contributed by atoms with van der Waals surface area (Å²) in [6.45, 7) is 0. The molecule has 0 fully saturated rings. The maximum absolute atomic E-state index is 10.6. The second-order valence-corrected chi connectivity index (χ2v) is 5.28. The Kier molecular flexibility index (Phi) is 11.0. The van der Waals surface area contributed by atoms with Gasteiger partial charge in [0.1, 0.15) is 15.9 Å². The predicted octanol–water partition coefficient (Wildman–Crippen LogP) is -2.82. The minimum absolute atomic E-state index is 0. The Balaban J connectivity index is -0.000000563. The summed E-state index contributed by atoms with van der Waals surface area (Å²) in [7, 11) is -4.49. The summed E-state index contributed by atoms with van der Waals surface area (Å²) in [6.07, 6.45) is 0. The zero-order chi connectivity index (χ0) is 10.2. The molecule has 0 aliphatic rings. The monoisotopic (exact) mass is 388 g/mol. The van der Waals surface area contributed by atoms with Gasteiger partial charge in [-0.2, -0.15) is 0 Å². The van der Waals surface area contributed by atoms with Crippen molar-refractivity contribution in [1.29, 1.82) is 0 Å². The van der Waals surface area contributed by atoms with E-state index < -0.39 is 15.0 Å². The molecule has 0 saturated carbocycles. The maximum Gasteiger partial charge on any atom is 1.00 e. The first-order chi connectivity index (χ1) is 5.82. The number of benzene rings is 1. The first kappa shape index (κ1) is 22.0. The molecule has 0 atom stereocenters. The van der Waals surface area contributed by atoms with Gasteiger partial charge in [-0.05, 0) is 44.0 Å². The van der Waals surface area contributed by atoms with Crippen LogP contribution in [0.4, 0.5) is 0 Å². The fourth-order valence-corrected chi connectivity index (χ4v) is 2.70. The molecule has 88 valence electrons. The molecule has 1 rings (SSSR count). The van der Waals surface area contributed by atoms with E-state index in [1.807, 2.05) is 0 Å². The number of halogens is 2. The van der Waals surface area contributed by atoms with Crippen molar-refractivity contribution in [2.75, 3.05) is 0 Å². The average molecular weight is 390 g/mol. The summed E-state index contributed by atoms with van der Waals surface area (Å²) in [4.78, 5) is -0.399. The Morgan fingerprint density at radius 2 is 1.44 bits per heavy atom. The van der Waals surface area contributed by atoms with Crippen LogP contribution in [0.5, 0.6) is 5.75 Å². The molecule has 0 bridgehead atoms. The van der Waals surface area contributed by atoms with Crippen LogP contribution in [0.3, 0.4) is 0 Å². The maximum atomic E-state index is 10.6. The zero-order valence-electron chi connectivity index (χ0n) is 7.99. The molecule has 0 amide bonds. The normalized spacial score (nSPS) is 9.44. The third-order valence-corrected chi connectivity index (χ3v) is 3.30. The van der Waals surface area contributed by atoms with E-state index in [0.29, 0.717) is 0 Å². The van der Waals surface area contributed by atoms with Crippen LogP contribution in [0.15, 0.2) is 26.0 Å². The molecule has 6 nitrogen and oxygen atoms in total. The minimum atomic E-state index is -4.49. The topological polar surface area (TPSA) is 140 Å². The van der Waals surface area contributed by atoms with E-state index in [2.05, 4.69) is 31.9 Å². The van der Waals surface area contributed by atoms with E-state index in [1.54, 1.807) is 0 Å². The molecule has 16 heavy (non-hydrogen) atoms. The van der Waals surface area contributed by atoms with Gasteiger partial charge in [-0.25, -0.2) is 8.42 Å². The number of rotatable bonds is 1. The molecule has 0 unspecified atom stereocenters. The first-order valence-corrected chi connectivity index (χ1v) is 5.95. The third-order valence-electron chi connectivity index (χ3n) is 1.28. The summed E-state index contributed by atoms with van der Waals surface area (Å²) >= 11 is 5.81. The second kappa shape index (κ2) is 8.01. The Morgan fingerprint density at radius 1 is 1.12 bits per heavy atom. The smallest absolute Gasteiger partial charge is 0.744 e. The molecule has 5 N–H and O–H groups in total. The molecule has 0 aliphatic carbocycles. The molecule has 1 aromatic carbocycles. The summed E-state index contributed by atoms with van der Waals surface area (Å²) in [6, 6.07) is 2.09. The number of aromatic hydroxyl groups is 1. The standard InChI is InChI=1S/C6H4Br2O4S.Na.2H2O/c7-4-1-3(13(10,11)12)2-5(8)6(4)9;;;/h1-2,9H,(H,10,11,12);;2*1H2/q;+1;;/p-1. The fraction of sp³-hybridized carbons (Fsp3) is 0. The van der Waals surface area contributed by atoms with Crippen molar-refractivity contribution >= 4 is 42.0 Å². The van der Waals surface area contributed by atoms with Gasteiger partial charge >= 0.3 is 29.6 Å². The fourth-order valence-electron chi connectivity index (χ4n) is 0.687. The van der Waals surface area contributed by atoms with Gasteiger partial charge in [0.25, 0.3) is 0 Å². The van der Waals surface area contributed by atoms with Crippen LogP contribution >= 0.6 is 31.9 Å². The molecular formula is C6H7Br2NaO6S. The largest absolute Gasteiger partial charge is 1.00 e. The first-order valence-electron chi connectivity index (χ1n) is 2.96. The van der Waals surface area contributed by atoms with Gasteiger partial charge < -0.3 is 20.6 Å². The van der Waals surface area contributed by atoms with Crippen LogP contribution in [0, 0.1) is 0 Å². The molecule has 1 aromatic rings. The molecule has 10 heteroatoms. The molecule has 0 aromatic heterocycles. The van der Waals surface area contributed by atoms with Crippen LogP contribution in [0.25, 0.3) is 0 Å². The van der Waals surface area contributed by atoms with Crippen molar-refractivity contribution in [3.8, 4) is 5.75 Å². The average Bonchev–Trinajstić information content (AvgIpc) is 1.97. The molecular weight excluding hydrogens is 383 g/mol. The van der Waals surface area contributed by atoms with E-state index in [-0.39, 0.29) is 55.2 Å². The SMILES string of the molecule is O.O.O=S(=O)([O-])c1cc(Br)c(O)c(Br)c1.[Na+]. The quantitative estimate of drug-likeness (QED) is 0.408. The Hall–Kier alpha value is 0.810. The van der Waals surface area contributed by atoms with Crippen molar-refractivity contribution in [3.63, 3.8) is 0 Å². The van der Waals surface area contributed by atoms with Gasteiger partial charge in [0.2, 0.25) is 0 Å². The summed E-state index contributed by atoms with van der Waals surface area (Å²) in [5, 5.41) is 9.21. The van der Waals surface area contributed by atoms with Crippen LogP contribution in [0.1, 0.15) is 0 Å². The van der Waals surface area contributed by atoms with Crippen LogP contribution < -0.4 is 29.6 Å². The number of hydrogen-bond donors (Lipinski definition) is 1. The number of phenolic OH excluding ortho intramolecular Hbond substituents is 1. The molecule has 0 aliphatic heterocycles. The van der Waals surface area contributed by atoms with Gasteiger partial charge in [-0.3, -0.25) is 0 Å². The van der Waals surface area contributed by atoms with Crippen molar-refractivity contribution in [3.05, 3.63) is 21.1 Å². The minimum Gasteiger partial charge on any atom is -0.744 e. The van der Waals surface area contributed by atoms with Gasteiger partial charge in [0.05, 0.1) is 13.8 Å². The van der Waals surface area contributed by atoms with Gasteiger partial charge in [-0.1, -0.05) is 0 Å². The summed E-state index contributed by atoms with van der Waals surface area (Å²) in [5.74, 6) is -0.146. The Morgan fingerprint density at radius 3 is 1.69 bits per heavy atom. The van der Waals surface area contributed by atoms with E-state index in [4.69, 9.17) is 0 Å². The summed E-state index contributed by atoms with van der Waals surface area (Å²) in [5.41, 5.74) is 0. The third kappa shape index (κ3) is 5.43. The van der Waals surface area contributed by atoms with Crippen LogP contribution in [-0.4, -0.2) is 29.0 Å². The van der Waals surface area contributed by atoms with Crippen molar-refractivity contribution in [2.45, 2.75) is 4.90 Å². The van der Waals surface area contributed by atoms with Crippen LogP contribution in [-0.2, 0) is 10.1 Å². The molecule has 0 spiro atoms. The van der Waals surface area contributed by atoms with Crippen molar-refractivity contribution in [1.82, 2.24) is 0 Å².